The molecule has 0 saturated carbocycles. The first kappa shape index (κ1) is 15.4. The lowest BCUT2D eigenvalue weighted by molar-refractivity contribution is 0.495. The molecule has 25 heavy (non-hydrogen) atoms. The Balaban J connectivity index is 1.50. The van der Waals surface area contributed by atoms with Gasteiger partial charge in [-0.3, -0.25) is 0 Å². The van der Waals surface area contributed by atoms with E-state index in [1.54, 1.807) is 31.0 Å². The van der Waals surface area contributed by atoms with Gasteiger partial charge in [0, 0.05) is 37.6 Å². The van der Waals surface area contributed by atoms with Crippen LogP contribution in [0.3, 0.4) is 0 Å². The molecule has 8 nitrogen and oxygen atoms in total. The summed E-state index contributed by atoms with van der Waals surface area (Å²) in [5.74, 6) is 1.66. The summed E-state index contributed by atoms with van der Waals surface area (Å²) in [7, 11) is 0. The normalized spacial score (nSPS) is 17.3. The van der Waals surface area contributed by atoms with Crippen LogP contribution in [-0.2, 0) is 0 Å². The number of nitrogens with one attached hydrogen (secondary N) is 1. The highest BCUT2D eigenvalue weighted by Crippen LogP contribution is 2.27. The summed E-state index contributed by atoms with van der Waals surface area (Å²) in [6.07, 6.45) is 12.4. The van der Waals surface area contributed by atoms with Gasteiger partial charge in [-0.25, -0.2) is 29.9 Å². The number of aromatic nitrogens is 6. The van der Waals surface area contributed by atoms with Crippen molar-refractivity contribution in [1.82, 2.24) is 29.9 Å². The average Bonchev–Trinajstić information content (AvgIpc) is 2.70. The van der Waals surface area contributed by atoms with E-state index in [0.717, 1.165) is 43.3 Å². The SMILES string of the molecule is c1cnc(N2CCCC(c3ccnc(Nc4cncnc4)n3)C2)nc1. The fourth-order valence-corrected chi connectivity index (χ4v) is 3.01. The first-order chi connectivity index (χ1) is 12.4. The number of hydrogen-bond acceptors (Lipinski definition) is 8. The molecule has 0 bridgehead atoms. The zero-order chi connectivity index (χ0) is 16.9. The summed E-state index contributed by atoms with van der Waals surface area (Å²) in [5.41, 5.74) is 1.79. The van der Waals surface area contributed by atoms with E-state index >= 15 is 0 Å². The third-order valence-electron chi connectivity index (χ3n) is 4.17. The predicted octanol–water partition coefficient (Wildman–Crippen LogP) is 2.18. The lowest BCUT2D eigenvalue weighted by Crippen LogP contribution is -2.35. The van der Waals surface area contributed by atoms with E-state index < -0.39 is 0 Å². The van der Waals surface area contributed by atoms with Crippen molar-refractivity contribution >= 4 is 17.6 Å². The Kier molecular flexibility index (Phi) is 4.40. The van der Waals surface area contributed by atoms with E-state index in [1.165, 1.54) is 6.33 Å². The van der Waals surface area contributed by atoms with Gasteiger partial charge in [0.15, 0.2) is 0 Å². The molecule has 1 aliphatic heterocycles. The van der Waals surface area contributed by atoms with Crippen molar-refractivity contribution in [3.63, 3.8) is 0 Å². The molecule has 1 fully saturated rings. The lowest BCUT2D eigenvalue weighted by Gasteiger charge is -2.32. The Hall–Kier alpha value is -3.16. The molecule has 0 spiro atoms. The maximum Gasteiger partial charge on any atom is 0.227 e. The lowest BCUT2D eigenvalue weighted by atomic mass is 9.95. The molecular formula is C17H18N8. The number of hydrogen-bond donors (Lipinski definition) is 1. The molecule has 0 radical (unpaired) electrons. The zero-order valence-electron chi connectivity index (χ0n) is 13.7. The van der Waals surface area contributed by atoms with Crippen molar-refractivity contribution in [3.8, 4) is 0 Å². The Labute approximate surface area is 145 Å². The quantitative estimate of drug-likeness (QED) is 0.776. The van der Waals surface area contributed by atoms with Crippen LogP contribution in [0.1, 0.15) is 24.5 Å². The molecule has 0 amide bonds. The summed E-state index contributed by atoms with van der Waals surface area (Å²) in [6.45, 7) is 1.83. The summed E-state index contributed by atoms with van der Waals surface area (Å²) in [5, 5.41) is 3.14. The molecule has 8 heteroatoms. The van der Waals surface area contributed by atoms with E-state index in [0.29, 0.717) is 11.9 Å². The summed E-state index contributed by atoms with van der Waals surface area (Å²) >= 11 is 0. The second kappa shape index (κ2) is 7.16. The van der Waals surface area contributed by atoms with Crippen molar-refractivity contribution < 1.29 is 0 Å². The standard InChI is InChI=1S/C17H18N8/c1-3-13(11-25(8-1)17-21-5-2-6-22-17)15-4-7-20-16(24-15)23-14-9-18-12-19-10-14/h2,4-7,9-10,12-13H,1,3,8,11H2,(H,20,23,24). The Bertz CT molecular complexity index is 811. The van der Waals surface area contributed by atoms with Crippen LogP contribution in [0.5, 0.6) is 0 Å². The molecule has 1 N–H and O–H groups in total. The fraction of sp³-hybridized carbons (Fsp3) is 0.294. The van der Waals surface area contributed by atoms with Gasteiger partial charge in [-0.05, 0) is 25.0 Å². The van der Waals surface area contributed by atoms with Gasteiger partial charge in [-0.1, -0.05) is 0 Å². The molecule has 4 rings (SSSR count). The minimum absolute atomic E-state index is 0.327. The second-order valence-corrected chi connectivity index (χ2v) is 5.89. The summed E-state index contributed by atoms with van der Waals surface area (Å²) < 4.78 is 0. The van der Waals surface area contributed by atoms with Crippen LogP contribution >= 0.6 is 0 Å². The molecule has 3 aromatic rings. The third kappa shape index (κ3) is 3.68. The molecule has 1 unspecified atom stereocenters. The topological polar surface area (TPSA) is 92.6 Å². The second-order valence-electron chi connectivity index (χ2n) is 5.89. The van der Waals surface area contributed by atoms with E-state index in [2.05, 4.69) is 40.1 Å². The molecule has 0 aromatic carbocycles. The van der Waals surface area contributed by atoms with E-state index in [-0.39, 0.29) is 0 Å². The highest BCUT2D eigenvalue weighted by molar-refractivity contribution is 5.49. The van der Waals surface area contributed by atoms with E-state index in [1.807, 2.05) is 12.1 Å². The first-order valence-electron chi connectivity index (χ1n) is 8.25. The van der Waals surface area contributed by atoms with Crippen LogP contribution < -0.4 is 10.2 Å². The molecule has 1 atom stereocenters. The van der Waals surface area contributed by atoms with Gasteiger partial charge < -0.3 is 10.2 Å². The van der Waals surface area contributed by atoms with Gasteiger partial charge >= 0.3 is 0 Å². The number of anilines is 3. The molecule has 126 valence electrons. The maximum absolute atomic E-state index is 4.67. The van der Waals surface area contributed by atoms with Crippen molar-refractivity contribution in [2.75, 3.05) is 23.3 Å². The van der Waals surface area contributed by atoms with Crippen molar-refractivity contribution in [3.05, 3.63) is 55.1 Å². The highest BCUT2D eigenvalue weighted by Gasteiger charge is 2.24. The van der Waals surface area contributed by atoms with Crippen molar-refractivity contribution in [1.29, 1.82) is 0 Å². The van der Waals surface area contributed by atoms with Crippen LogP contribution in [0.15, 0.2) is 49.4 Å². The van der Waals surface area contributed by atoms with E-state index in [4.69, 9.17) is 0 Å². The molecule has 4 heterocycles. The van der Waals surface area contributed by atoms with Gasteiger partial charge in [-0.2, -0.15) is 0 Å². The van der Waals surface area contributed by atoms with Gasteiger partial charge in [-0.15, -0.1) is 0 Å². The van der Waals surface area contributed by atoms with Gasteiger partial charge in [0.05, 0.1) is 23.8 Å². The minimum Gasteiger partial charge on any atom is -0.340 e. The largest absolute Gasteiger partial charge is 0.340 e. The molecule has 3 aromatic heterocycles. The Morgan fingerprint density at radius 1 is 1.04 bits per heavy atom. The van der Waals surface area contributed by atoms with Crippen LogP contribution in [0.25, 0.3) is 0 Å². The Morgan fingerprint density at radius 2 is 1.88 bits per heavy atom. The molecule has 1 aliphatic rings. The minimum atomic E-state index is 0.327. The van der Waals surface area contributed by atoms with Gasteiger partial charge in [0.25, 0.3) is 0 Å². The maximum atomic E-state index is 4.67. The van der Waals surface area contributed by atoms with Crippen LogP contribution in [-0.4, -0.2) is 43.0 Å². The average molecular weight is 334 g/mol. The predicted molar refractivity (Wildman–Crippen MR) is 93.6 cm³/mol. The van der Waals surface area contributed by atoms with Crippen LogP contribution in [0.2, 0.25) is 0 Å². The van der Waals surface area contributed by atoms with Crippen molar-refractivity contribution in [2.24, 2.45) is 0 Å². The number of rotatable bonds is 4. The van der Waals surface area contributed by atoms with Crippen molar-refractivity contribution in [2.45, 2.75) is 18.8 Å². The first-order valence-corrected chi connectivity index (χ1v) is 8.25. The van der Waals surface area contributed by atoms with Gasteiger partial charge in [0.1, 0.15) is 6.33 Å². The smallest absolute Gasteiger partial charge is 0.227 e. The fourth-order valence-electron chi connectivity index (χ4n) is 3.01. The summed E-state index contributed by atoms with van der Waals surface area (Å²) in [4.78, 5) is 27.9. The Morgan fingerprint density at radius 3 is 2.72 bits per heavy atom. The number of piperidine rings is 1. The monoisotopic (exact) mass is 334 g/mol. The van der Waals surface area contributed by atoms with Crippen LogP contribution in [0, 0.1) is 0 Å². The van der Waals surface area contributed by atoms with Crippen LogP contribution in [0.4, 0.5) is 17.6 Å². The highest BCUT2D eigenvalue weighted by atomic mass is 15.3. The van der Waals surface area contributed by atoms with E-state index in [9.17, 15) is 0 Å². The zero-order valence-corrected chi connectivity index (χ0v) is 13.7. The molecule has 1 saturated heterocycles. The third-order valence-corrected chi connectivity index (χ3v) is 4.17. The molecule has 0 aliphatic carbocycles. The summed E-state index contributed by atoms with van der Waals surface area (Å²) in [6, 6.07) is 3.81. The van der Waals surface area contributed by atoms with Gasteiger partial charge in [0.2, 0.25) is 11.9 Å². The molecular weight excluding hydrogens is 316 g/mol. The number of nitrogens with zero attached hydrogens (tertiary/aromatic N) is 7.